The molecule has 6 nitrogen and oxygen atoms in total. The molecule has 0 spiro atoms. The van der Waals surface area contributed by atoms with Gasteiger partial charge in [0.25, 0.3) is 0 Å². The fraction of sp³-hybridized carbons (Fsp3) is 0.368. The van der Waals surface area contributed by atoms with Crippen LogP contribution in [0.5, 0.6) is 0 Å². The number of halogens is 3. The molecule has 1 heterocycles. The van der Waals surface area contributed by atoms with Gasteiger partial charge in [-0.25, -0.2) is 0 Å². The number of nitrogens with one attached hydrogen (secondary N) is 2. The van der Waals surface area contributed by atoms with Crippen molar-refractivity contribution in [1.82, 2.24) is 14.8 Å². The number of carbonyl (C=O) groups excluding carboxylic acids is 1. The van der Waals surface area contributed by atoms with Gasteiger partial charge < -0.3 is 20.1 Å². The molecule has 28 heavy (non-hydrogen) atoms. The van der Waals surface area contributed by atoms with Crippen molar-refractivity contribution >= 4 is 64.7 Å². The van der Waals surface area contributed by atoms with Crippen LogP contribution in [0.1, 0.15) is 17.7 Å². The SMILES string of the molecule is CN=C(NCCC(=O)Nc1cccc(Cl)c1C)N(C)Cc1cc(Cl)cn1C.I. The smallest absolute Gasteiger partial charge is 0.226 e. The number of amides is 1. The van der Waals surface area contributed by atoms with Crippen molar-refractivity contribution < 1.29 is 4.79 Å². The molecule has 0 atom stereocenters. The largest absolute Gasteiger partial charge is 0.356 e. The zero-order valence-electron chi connectivity index (χ0n) is 16.4. The molecule has 0 saturated heterocycles. The van der Waals surface area contributed by atoms with E-state index in [2.05, 4.69) is 15.6 Å². The van der Waals surface area contributed by atoms with Crippen LogP contribution in [0.3, 0.4) is 0 Å². The van der Waals surface area contributed by atoms with Gasteiger partial charge in [-0.1, -0.05) is 29.3 Å². The van der Waals surface area contributed by atoms with Crippen LogP contribution in [0, 0.1) is 6.92 Å². The van der Waals surface area contributed by atoms with Gasteiger partial charge in [0.1, 0.15) is 0 Å². The van der Waals surface area contributed by atoms with Crippen LogP contribution in [0.15, 0.2) is 35.5 Å². The Kier molecular flexibility index (Phi) is 10.1. The van der Waals surface area contributed by atoms with E-state index in [0.717, 1.165) is 16.9 Å². The number of carbonyl (C=O) groups is 1. The molecule has 0 saturated carbocycles. The quantitative estimate of drug-likeness (QED) is 0.328. The van der Waals surface area contributed by atoms with E-state index in [9.17, 15) is 4.79 Å². The molecule has 2 aromatic rings. The second-order valence-corrected chi connectivity index (χ2v) is 7.14. The van der Waals surface area contributed by atoms with Crippen LogP contribution < -0.4 is 10.6 Å². The van der Waals surface area contributed by atoms with E-state index < -0.39 is 0 Å². The van der Waals surface area contributed by atoms with Crippen LogP contribution in [0.4, 0.5) is 5.69 Å². The van der Waals surface area contributed by atoms with Crippen LogP contribution in [0.2, 0.25) is 10.0 Å². The second kappa shape index (κ2) is 11.5. The fourth-order valence-electron chi connectivity index (χ4n) is 2.67. The van der Waals surface area contributed by atoms with Gasteiger partial charge in [0.05, 0.1) is 11.6 Å². The summed E-state index contributed by atoms with van der Waals surface area (Å²) in [6.45, 7) is 3.00. The third kappa shape index (κ3) is 6.86. The highest BCUT2D eigenvalue weighted by atomic mass is 127. The molecule has 2 rings (SSSR count). The third-order valence-electron chi connectivity index (χ3n) is 4.22. The zero-order chi connectivity index (χ0) is 20.0. The Bertz CT molecular complexity index is 838. The minimum Gasteiger partial charge on any atom is -0.356 e. The molecule has 0 radical (unpaired) electrons. The predicted molar refractivity (Wildman–Crippen MR) is 128 cm³/mol. The number of aromatic nitrogens is 1. The van der Waals surface area contributed by atoms with E-state index in [4.69, 9.17) is 23.2 Å². The summed E-state index contributed by atoms with van der Waals surface area (Å²) in [5.74, 6) is 0.624. The predicted octanol–water partition coefficient (Wildman–Crippen LogP) is 4.29. The molecule has 0 bridgehead atoms. The summed E-state index contributed by atoms with van der Waals surface area (Å²) in [6.07, 6.45) is 2.18. The van der Waals surface area contributed by atoms with Crippen molar-refractivity contribution in [3.05, 3.63) is 51.8 Å². The Hall–Kier alpha value is -1.45. The van der Waals surface area contributed by atoms with Gasteiger partial charge >= 0.3 is 0 Å². The number of rotatable bonds is 6. The monoisotopic (exact) mass is 537 g/mol. The molecule has 1 amide bonds. The lowest BCUT2D eigenvalue weighted by Crippen LogP contribution is -2.40. The molecule has 9 heteroatoms. The van der Waals surface area contributed by atoms with E-state index in [0.29, 0.717) is 35.5 Å². The van der Waals surface area contributed by atoms with Crippen molar-refractivity contribution in [2.45, 2.75) is 19.9 Å². The first-order chi connectivity index (χ1) is 12.8. The van der Waals surface area contributed by atoms with E-state index in [1.165, 1.54) is 0 Å². The third-order valence-corrected chi connectivity index (χ3v) is 4.84. The van der Waals surface area contributed by atoms with E-state index >= 15 is 0 Å². The first-order valence-electron chi connectivity index (χ1n) is 8.59. The second-order valence-electron chi connectivity index (χ2n) is 6.30. The summed E-state index contributed by atoms with van der Waals surface area (Å²) in [5.41, 5.74) is 2.66. The van der Waals surface area contributed by atoms with Gasteiger partial charge in [0.15, 0.2) is 5.96 Å². The van der Waals surface area contributed by atoms with Crippen molar-refractivity contribution in [2.75, 3.05) is 26.0 Å². The first kappa shape index (κ1) is 24.6. The summed E-state index contributed by atoms with van der Waals surface area (Å²) >= 11 is 12.1. The Labute approximate surface area is 193 Å². The first-order valence-corrected chi connectivity index (χ1v) is 9.35. The zero-order valence-corrected chi connectivity index (χ0v) is 20.3. The van der Waals surface area contributed by atoms with Gasteiger partial charge in [0.2, 0.25) is 5.91 Å². The number of nitrogens with zero attached hydrogens (tertiary/aromatic N) is 3. The molecule has 1 aromatic carbocycles. The van der Waals surface area contributed by atoms with Crippen molar-refractivity contribution in [3.63, 3.8) is 0 Å². The number of anilines is 1. The highest BCUT2D eigenvalue weighted by molar-refractivity contribution is 14.0. The normalized spacial score (nSPS) is 11.0. The Morgan fingerprint density at radius 3 is 2.64 bits per heavy atom. The number of hydrogen-bond donors (Lipinski definition) is 2. The van der Waals surface area contributed by atoms with Crippen LogP contribution >= 0.6 is 47.2 Å². The maximum Gasteiger partial charge on any atom is 0.226 e. The molecular formula is C19H26Cl2IN5O. The molecule has 0 fully saturated rings. The van der Waals surface area contributed by atoms with Crippen molar-refractivity contribution in [1.29, 1.82) is 0 Å². The Morgan fingerprint density at radius 2 is 2.04 bits per heavy atom. The van der Waals surface area contributed by atoms with Gasteiger partial charge in [-0.15, -0.1) is 24.0 Å². The van der Waals surface area contributed by atoms with Gasteiger partial charge in [-0.2, -0.15) is 0 Å². The topological polar surface area (TPSA) is 61.7 Å². The molecule has 0 unspecified atom stereocenters. The lowest BCUT2D eigenvalue weighted by molar-refractivity contribution is -0.116. The lowest BCUT2D eigenvalue weighted by atomic mass is 10.2. The van der Waals surface area contributed by atoms with Crippen LogP contribution in [-0.2, 0) is 18.4 Å². The van der Waals surface area contributed by atoms with Crippen LogP contribution in [-0.4, -0.2) is 42.0 Å². The highest BCUT2D eigenvalue weighted by Crippen LogP contribution is 2.22. The number of hydrogen-bond acceptors (Lipinski definition) is 2. The van der Waals surface area contributed by atoms with Crippen molar-refractivity contribution in [2.24, 2.45) is 12.0 Å². The van der Waals surface area contributed by atoms with Crippen LogP contribution in [0.25, 0.3) is 0 Å². The molecule has 2 N–H and O–H groups in total. The van der Waals surface area contributed by atoms with E-state index in [-0.39, 0.29) is 29.9 Å². The molecule has 0 aliphatic heterocycles. The molecule has 0 aliphatic rings. The standard InChI is InChI=1S/C19H25Cl2N5O.HI/c1-13-16(21)6-5-7-17(13)24-18(27)8-9-23-19(22-2)26(4)12-15-10-14(20)11-25(15)3;/h5-7,10-11H,8-9,12H2,1-4H3,(H,22,23)(H,24,27);1H. The number of benzene rings is 1. The Morgan fingerprint density at radius 1 is 1.32 bits per heavy atom. The minimum absolute atomic E-state index is 0. The molecule has 154 valence electrons. The van der Waals surface area contributed by atoms with Crippen molar-refractivity contribution in [3.8, 4) is 0 Å². The maximum absolute atomic E-state index is 12.2. The fourth-order valence-corrected chi connectivity index (χ4v) is 3.12. The average Bonchev–Trinajstić information content (AvgIpc) is 2.93. The van der Waals surface area contributed by atoms with Gasteiger partial charge in [0, 0.05) is 56.7 Å². The number of aryl methyl sites for hydroxylation is 1. The highest BCUT2D eigenvalue weighted by Gasteiger charge is 2.11. The average molecular weight is 538 g/mol. The van der Waals surface area contributed by atoms with E-state index in [1.54, 1.807) is 13.1 Å². The number of guanidine groups is 1. The summed E-state index contributed by atoms with van der Waals surface area (Å²) < 4.78 is 1.98. The van der Waals surface area contributed by atoms with Gasteiger partial charge in [-0.3, -0.25) is 9.79 Å². The molecule has 1 aromatic heterocycles. The number of aliphatic imine (C=N–C) groups is 1. The van der Waals surface area contributed by atoms with Gasteiger partial charge in [-0.05, 0) is 30.7 Å². The minimum atomic E-state index is -0.0832. The summed E-state index contributed by atoms with van der Waals surface area (Å²) in [4.78, 5) is 18.4. The summed E-state index contributed by atoms with van der Waals surface area (Å²) in [5, 5.41) is 7.43. The summed E-state index contributed by atoms with van der Waals surface area (Å²) in [6, 6.07) is 7.38. The lowest BCUT2D eigenvalue weighted by Gasteiger charge is -2.22. The summed E-state index contributed by atoms with van der Waals surface area (Å²) in [7, 11) is 5.60. The van der Waals surface area contributed by atoms with E-state index in [1.807, 2.05) is 54.9 Å². The maximum atomic E-state index is 12.2. The molecule has 0 aliphatic carbocycles. The molecular weight excluding hydrogens is 512 g/mol. The Balaban J connectivity index is 0.00000392.